The Morgan fingerprint density at radius 2 is 1.14 bits per heavy atom. The van der Waals surface area contributed by atoms with E-state index in [0.29, 0.717) is 25.0 Å². The Morgan fingerprint density at radius 3 is 1.69 bits per heavy atom. The van der Waals surface area contributed by atoms with E-state index < -0.39 is 0 Å². The van der Waals surface area contributed by atoms with Crippen molar-refractivity contribution in [1.29, 1.82) is 0 Å². The molecule has 0 fully saturated rings. The third-order valence-electron chi connectivity index (χ3n) is 6.77. The van der Waals surface area contributed by atoms with Crippen LogP contribution in [0.5, 0.6) is 17.2 Å². The summed E-state index contributed by atoms with van der Waals surface area (Å²) in [4.78, 5) is 0. The maximum Gasteiger partial charge on any atom is 0.161 e. The molecule has 0 aromatic heterocycles. The van der Waals surface area contributed by atoms with Crippen molar-refractivity contribution in [3.05, 3.63) is 42.5 Å². The van der Waals surface area contributed by atoms with Crippen LogP contribution in [0.4, 0.5) is 0 Å². The Kier molecular flexibility index (Phi) is 15.1. The smallest absolute Gasteiger partial charge is 0.161 e. The lowest BCUT2D eigenvalue weighted by atomic mass is 9.99. The molecule has 2 rings (SSSR count). The molecule has 0 aliphatic heterocycles. The quantitative estimate of drug-likeness (QED) is 0.187. The van der Waals surface area contributed by atoms with Crippen molar-refractivity contribution < 1.29 is 24.4 Å². The van der Waals surface area contributed by atoms with Crippen molar-refractivity contribution in [2.75, 3.05) is 33.5 Å². The normalized spacial score (nSPS) is 12.8. The van der Waals surface area contributed by atoms with E-state index in [9.17, 15) is 0 Å². The van der Waals surface area contributed by atoms with Crippen LogP contribution in [0.15, 0.2) is 42.5 Å². The van der Waals surface area contributed by atoms with Gasteiger partial charge in [-0.1, -0.05) is 44.9 Å². The number of ether oxygens (including phenoxy) is 3. The highest BCUT2D eigenvalue weighted by Crippen LogP contribution is 2.33. The molecule has 0 radical (unpaired) electrons. The van der Waals surface area contributed by atoms with Crippen LogP contribution < -0.4 is 14.2 Å². The van der Waals surface area contributed by atoms with Crippen molar-refractivity contribution in [3.8, 4) is 28.4 Å². The van der Waals surface area contributed by atoms with E-state index in [4.69, 9.17) is 24.4 Å². The first-order valence-corrected chi connectivity index (χ1v) is 13.8. The molecule has 0 amide bonds. The molecule has 0 spiro atoms. The summed E-state index contributed by atoms with van der Waals surface area (Å²) in [5.41, 5.74) is 2.20. The first-order valence-electron chi connectivity index (χ1n) is 13.8. The van der Waals surface area contributed by atoms with Gasteiger partial charge >= 0.3 is 0 Å². The average Bonchev–Trinajstić information content (AvgIpc) is 2.90. The van der Waals surface area contributed by atoms with Crippen LogP contribution in [0.3, 0.4) is 0 Å². The van der Waals surface area contributed by atoms with E-state index >= 15 is 0 Å². The van der Waals surface area contributed by atoms with Gasteiger partial charge in [-0.2, -0.15) is 0 Å². The molecular weight excluding hydrogens is 452 g/mol. The number of rotatable bonds is 20. The summed E-state index contributed by atoms with van der Waals surface area (Å²) in [6.45, 7) is 6.49. The van der Waals surface area contributed by atoms with Crippen LogP contribution in [0, 0.1) is 11.8 Å². The molecule has 0 heterocycles. The van der Waals surface area contributed by atoms with E-state index in [1.54, 1.807) is 7.11 Å². The molecule has 5 heteroatoms. The summed E-state index contributed by atoms with van der Waals surface area (Å²) in [6, 6.07) is 14.3. The molecule has 2 N–H and O–H groups in total. The zero-order valence-corrected chi connectivity index (χ0v) is 22.7. The minimum Gasteiger partial charge on any atom is -0.494 e. The monoisotopic (exact) mass is 500 g/mol. The summed E-state index contributed by atoms with van der Waals surface area (Å²) in [5.74, 6) is 3.74. The molecule has 0 bridgehead atoms. The Bertz CT molecular complexity index is 820. The van der Waals surface area contributed by atoms with Gasteiger partial charge in [-0.15, -0.1) is 0 Å². The van der Waals surface area contributed by atoms with Crippen LogP contribution in [-0.4, -0.2) is 43.8 Å². The molecule has 0 saturated heterocycles. The van der Waals surface area contributed by atoms with Gasteiger partial charge in [0, 0.05) is 13.2 Å². The van der Waals surface area contributed by atoms with E-state index in [1.807, 2.05) is 24.3 Å². The molecule has 2 aromatic carbocycles. The maximum absolute atomic E-state index is 8.94. The van der Waals surface area contributed by atoms with E-state index in [-0.39, 0.29) is 6.61 Å². The summed E-state index contributed by atoms with van der Waals surface area (Å²) in [6.07, 6.45) is 10.7. The molecule has 2 atom stereocenters. The Morgan fingerprint density at radius 1 is 0.611 bits per heavy atom. The fourth-order valence-corrected chi connectivity index (χ4v) is 4.44. The molecule has 2 unspecified atom stereocenters. The summed E-state index contributed by atoms with van der Waals surface area (Å²) >= 11 is 0. The highest BCUT2D eigenvalue weighted by atomic mass is 16.5. The molecular formula is C31H48O5. The van der Waals surface area contributed by atoms with Crippen LogP contribution in [0.2, 0.25) is 0 Å². The second kappa shape index (κ2) is 18.1. The molecule has 0 aliphatic rings. The van der Waals surface area contributed by atoms with Crippen molar-refractivity contribution in [1.82, 2.24) is 0 Å². The number of aliphatic hydroxyl groups is 2. The zero-order valence-electron chi connectivity index (χ0n) is 22.7. The Labute approximate surface area is 218 Å². The first kappa shape index (κ1) is 30.0. The van der Waals surface area contributed by atoms with Gasteiger partial charge in [-0.25, -0.2) is 0 Å². The lowest BCUT2D eigenvalue weighted by Gasteiger charge is -2.14. The highest BCUT2D eigenvalue weighted by Gasteiger charge is 2.09. The van der Waals surface area contributed by atoms with Gasteiger partial charge in [0.25, 0.3) is 0 Å². The predicted octanol–water partition coefficient (Wildman–Crippen LogP) is 7.28. The molecule has 0 aliphatic carbocycles. The van der Waals surface area contributed by atoms with Crippen LogP contribution in [0.1, 0.15) is 78.1 Å². The van der Waals surface area contributed by atoms with Gasteiger partial charge in [0.15, 0.2) is 11.5 Å². The number of benzene rings is 2. The van der Waals surface area contributed by atoms with Gasteiger partial charge in [0.1, 0.15) is 5.75 Å². The van der Waals surface area contributed by atoms with Crippen molar-refractivity contribution in [3.63, 3.8) is 0 Å². The third kappa shape index (κ3) is 11.7. The highest BCUT2D eigenvalue weighted by molar-refractivity contribution is 5.67. The Hall–Kier alpha value is -2.24. The zero-order chi connectivity index (χ0) is 26.0. The van der Waals surface area contributed by atoms with Crippen molar-refractivity contribution in [2.24, 2.45) is 11.8 Å². The summed E-state index contributed by atoms with van der Waals surface area (Å²) in [7, 11) is 1.68. The van der Waals surface area contributed by atoms with Gasteiger partial charge in [-0.05, 0) is 98.6 Å². The number of hydrogen-bond acceptors (Lipinski definition) is 5. The summed E-state index contributed by atoms with van der Waals surface area (Å²) < 4.78 is 17.5. The predicted molar refractivity (Wildman–Crippen MR) is 148 cm³/mol. The molecule has 36 heavy (non-hydrogen) atoms. The number of unbranched alkanes of at least 4 members (excludes halogenated alkanes) is 2. The van der Waals surface area contributed by atoms with Crippen LogP contribution in [-0.2, 0) is 0 Å². The second-order valence-electron chi connectivity index (χ2n) is 10.0. The minimum atomic E-state index is 0.286. The summed E-state index contributed by atoms with van der Waals surface area (Å²) in [5, 5.41) is 17.9. The van der Waals surface area contributed by atoms with E-state index in [2.05, 4.69) is 32.0 Å². The number of hydrogen-bond donors (Lipinski definition) is 2. The molecule has 0 saturated carbocycles. The number of aliphatic hydroxyl groups excluding tert-OH is 2. The maximum atomic E-state index is 8.94. The SMILES string of the molecule is COc1cc(-c2ccc(OCCCCC(C)CCCO)cc2)ccc1OCCCCC(C)CCCO. The Balaban J connectivity index is 1.75. The fraction of sp³-hybridized carbons (Fsp3) is 0.613. The van der Waals surface area contributed by atoms with Crippen LogP contribution in [0.25, 0.3) is 11.1 Å². The molecule has 2 aromatic rings. The third-order valence-corrected chi connectivity index (χ3v) is 6.77. The first-order chi connectivity index (χ1) is 17.6. The van der Waals surface area contributed by atoms with Crippen LogP contribution >= 0.6 is 0 Å². The van der Waals surface area contributed by atoms with Crippen molar-refractivity contribution in [2.45, 2.75) is 78.1 Å². The second-order valence-corrected chi connectivity index (χ2v) is 10.0. The molecule has 5 nitrogen and oxygen atoms in total. The van der Waals surface area contributed by atoms with E-state index in [1.165, 1.54) is 12.8 Å². The standard InChI is InChI=1S/C31H48O5/c1-25(12-8-20-32)10-4-6-22-35-29-17-14-27(15-18-29)28-16-19-30(31(24-28)34-3)36-23-7-5-11-26(2)13-9-21-33/h14-19,24-26,32-33H,4-13,20-23H2,1-3H3. The van der Waals surface area contributed by atoms with Gasteiger partial charge in [0.05, 0.1) is 20.3 Å². The largest absolute Gasteiger partial charge is 0.494 e. The van der Waals surface area contributed by atoms with Crippen molar-refractivity contribution >= 4 is 0 Å². The van der Waals surface area contributed by atoms with E-state index in [0.717, 1.165) is 86.3 Å². The lowest BCUT2D eigenvalue weighted by molar-refractivity contribution is 0.264. The number of methoxy groups -OCH3 is 1. The fourth-order valence-electron chi connectivity index (χ4n) is 4.44. The minimum absolute atomic E-state index is 0.286. The molecule has 202 valence electrons. The van der Waals surface area contributed by atoms with Gasteiger partial charge < -0.3 is 24.4 Å². The van der Waals surface area contributed by atoms with Gasteiger partial charge in [-0.3, -0.25) is 0 Å². The average molecular weight is 501 g/mol. The topological polar surface area (TPSA) is 68.2 Å². The lowest BCUT2D eigenvalue weighted by Crippen LogP contribution is -2.02. The van der Waals surface area contributed by atoms with Gasteiger partial charge in [0.2, 0.25) is 0 Å².